The lowest BCUT2D eigenvalue weighted by Crippen LogP contribution is -2.58. The summed E-state index contributed by atoms with van der Waals surface area (Å²) in [5.74, 6) is 4.13. The van der Waals surface area contributed by atoms with Gasteiger partial charge in [-0.25, -0.2) is 0 Å². The van der Waals surface area contributed by atoms with Gasteiger partial charge in [-0.05, 0) is 144 Å². The lowest BCUT2D eigenvalue weighted by atomic mass is 9.52. The molecule has 6 nitrogen and oxygen atoms in total. The molecule has 4 saturated carbocycles. The topological polar surface area (TPSA) is 53.1 Å². The zero-order valence-electron chi connectivity index (χ0n) is 26.0. The second-order valence-electron chi connectivity index (χ2n) is 14.4. The molecule has 0 N–H and O–H groups in total. The number of fused-ring (bicyclic) bond motifs is 1. The SMILES string of the molecule is CN(CCCCCOc1ccc(C(=O)N2CCC(N3C(=O)CCc4ccccc43)CC2)cc1)C12CC3CC(CC(C3)C1)C2. The van der Waals surface area contributed by atoms with Crippen molar-refractivity contribution < 1.29 is 14.3 Å². The van der Waals surface area contributed by atoms with Crippen molar-refractivity contribution in [3.8, 4) is 5.75 Å². The molecule has 4 bridgehead atoms. The number of rotatable bonds is 10. The molecule has 0 atom stereocenters. The Bertz CT molecular complexity index is 1260. The van der Waals surface area contributed by atoms with Crippen molar-refractivity contribution in [3.05, 3.63) is 59.7 Å². The first kappa shape index (κ1) is 28.9. The van der Waals surface area contributed by atoms with Gasteiger partial charge in [-0.2, -0.15) is 0 Å². The molecule has 2 aromatic rings. The first-order valence-electron chi connectivity index (χ1n) is 17.1. The molecular formula is C37H49N3O3. The van der Waals surface area contributed by atoms with Crippen molar-refractivity contribution in [2.24, 2.45) is 17.8 Å². The lowest BCUT2D eigenvalue weighted by molar-refractivity contribution is -0.119. The second-order valence-corrected chi connectivity index (χ2v) is 14.4. The molecule has 2 amide bonds. The fourth-order valence-electron chi connectivity index (χ4n) is 9.64. The number of anilines is 1. The van der Waals surface area contributed by atoms with E-state index in [0.29, 0.717) is 30.6 Å². The smallest absolute Gasteiger partial charge is 0.253 e. The summed E-state index contributed by atoms with van der Waals surface area (Å²) in [5.41, 5.74) is 3.53. The highest BCUT2D eigenvalue weighted by molar-refractivity contribution is 5.97. The van der Waals surface area contributed by atoms with Crippen LogP contribution in [0.15, 0.2) is 48.5 Å². The van der Waals surface area contributed by atoms with Gasteiger partial charge in [0.25, 0.3) is 5.91 Å². The number of hydrogen-bond donors (Lipinski definition) is 0. The van der Waals surface area contributed by atoms with Crippen molar-refractivity contribution in [2.75, 3.05) is 38.2 Å². The van der Waals surface area contributed by atoms with Gasteiger partial charge < -0.3 is 19.4 Å². The van der Waals surface area contributed by atoms with E-state index in [4.69, 9.17) is 4.74 Å². The number of unbranched alkanes of at least 4 members (excludes halogenated alkanes) is 2. The molecule has 5 fully saturated rings. The molecule has 0 unspecified atom stereocenters. The number of ether oxygens (including phenoxy) is 1. The number of carbonyl (C=O) groups is 2. The van der Waals surface area contributed by atoms with Crippen LogP contribution in [0.2, 0.25) is 0 Å². The van der Waals surface area contributed by atoms with Gasteiger partial charge in [0.1, 0.15) is 5.75 Å². The van der Waals surface area contributed by atoms with Crippen molar-refractivity contribution in [3.63, 3.8) is 0 Å². The Labute approximate surface area is 257 Å². The molecule has 230 valence electrons. The molecule has 8 rings (SSSR count). The predicted molar refractivity (Wildman–Crippen MR) is 170 cm³/mol. The van der Waals surface area contributed by atoms with Gasteiger partial charge >= 0.3 is 0 Å². The van der Waals surface area contributed by atoms with Gasteiger partial charge in [-0.15, -0.1) is 0 Å². The van der Waals surface area contributed by atoms with E-state index in [0.717, 1.165) is 61.5 Å². The third-order valence-electron chi connectivity index (χ3n) is 11.6. The zero-order valence-corrected chi connectivity index (χ0v) is 26.0. The second kappa shape index (κ2) is 12.3. The van der Waals surface area contributed by atoms with Crippen LogP contribution in [0.5, 0.6) is 5.75 Å². The number of amides is 2. The Hall–Kier alpha value is -2.86. The van der Waals surface area contributed by atoms with Gasteiger partial charge in [0.2, 0.25) is 5.91 Å². The average Bonchev–Trinajstić information content (AvgIpc) is 3.02. The number of benzene rings is 2. The van der Waals surface area contributed by atoms with Crippen LogP contribution in [0.25, 0.3) is 0 Å². The van der Waals surface area contributed by atoms with E-state index in [1.54, 1.807) is 0 Å². The summed E-state index contributed by atoms with van der Waals surface area (Å²) in [6.07, 6.45) is 15.4. The minimum atomic E-state index is 0.0681. The normalized spacial score (nSPS) is 28.4. The molecule has 0 aromatic heterocycles. The van der Waals surface area contributed by atoms with Gasteiger partial charge in [0.05, 0.1) is 6.61 Å². The summed E-state index contributed by atoms with van der Waals surface area (Å²) in [4.78, 5) is 32.7. The molecule has 2 aromatic carbocycles. The number of piperidine rings is 1. The maximum Gasteiger partial charge on any atom is 0.253 e. The van der Waals surface area contributed by atoms with E-state index in [9.17, 15) is 9.59 Å². The van der Waals surface area contributed by atoms with Crippen LogP contribution >= 0.6 is 0 Å². The highest BCUT2D eigenvalue weighted by atomic mass is 16.5. The summed E-state index contributed by atoms with van der Waals surface area (Å²) >= 11 is 0. The quantitative estimate of drug-likeness (QED) is 0.292. The Morgan fingerprint density at radius 2 is 1.56 bits per heavy atom. The van der Waals surface area contributed by atoms with E-state index in [-0.39, 0.29) is 17.9 Å². The van der Waals surface area contributed by atoms with Crippen LogP contribution in [0, 0.1) is 17.8 Å². The maximum absolute atomic E-state index is 13.2. The van der Waals surface area contributed by atoms with Crippen molar-refractivity contribution in [2.45, 2.75) is 95.1 Å². The van der Waals surface area contributed by atoms with E-state index in [1.807, 2.05) is 46.2 Å². The Morgan fingerprint density at radius 1 is 0.884 bits per heavy atom. The van der Waals surface area contributed by atoms with Crippen LogP contribution < -0.4 is 9.64 Å². The van der Waals surface area contributed by atoms with E-state index in [2.05, 4.69) is 24.1 Å². The first-order valence-corrected chi connectivity index (χ1v) is 17.1. The minimum absolute atomic E-state index is 0.0681. The number of hydrogen-bond acceptors (Lipinski definition) is 4. The summed E-state index contributed by atoms with van der Waals surface area (Å²) in [6, 6.07) is 16.1. The molecule has 0 spiro atoms. The molecular weight excluding hydrogens is 534 g/mol. The monoisotopic (exact) mass is 583 g/mol. The summed E-state index contributed by atoms with van der Waals surface area (Å²) in [6.45, 7) is 3.28. The van der Waals surface area contributed by atoms with Crippen LogP contribution in [0.3, 0.4) is 0 Å². The third kappa shape index (κ3) is 5.96. The van der Waals surface area contributed by atoms with Crippen LogP contribution in [0.1, 0.15) is 93.0 Å². The molecule has 1 saturated heterocycles. The summed E-state index contributed by atoms with van der Waals surface area (Å²) in [5, 5.41) is 0. The van der Waals surface area contributed by atoms with Crippen LogP contribution in [-0.4, -0.2) is 66.5 Å². The highest BCUT2D eigenvalue weighted by Gasteiger charge is 2.52. The van der Waals surface area contributed by atoms with Crippen molar-refractivity contribution in [1.29, 1.82) is 0 Å². The molecule has 4 aliphatic carbocycles. The maximum atomic E-state index is 13.2. The molecule has 0 radical (unpaired) electrons. The molecule has 2 heterocycles. The van der Waals surface area contributed by atoms with Crippen LogP contribution in [0.4, 0.5) is 5.69 Å². The summed E-state index contributed by atoms with van der Waals surface area (Å²) < 4.78 is 6.04. The predicted octanol–water partition coefficient (Wildman–Crippen LogP) is 6.72. The van der Waals surface area contributed by atoms with Gasteiger partial charge in [-0.1, -0.05) is 18.2 Å². The van der Waals surface area contributed by atoms with E-state index < -0.39 is 0 Å². The number of carbonyl (C=O) groups excluding carboxylic acids is 2. The van der Waals surface area contributed by atoms with Gasteiger partial charge in [0.15, 0.2) is 0 Å². The fourth-order valence-corrected chi connectivity index (χ4v) is 9.64. The third-order valence-corrected chi connectivity index (χ3v) is 11.6. The standard InChI is InChI=1S/C37H49N3O3/c1-38(37-24-27-21-28(25-37)23-29(22-27)26-37)17-5-2-6-20-43-33-12-9-31(10-13-33)36(42)39-18-15-32(16-19-39)40-34-8-4-3-7-30(34)11-14-35(40)41/h3-4,7-10,12-13,27-29,32H,2,5-6,11,14-26H2,1H3. The Kier molecular flexibility index (Phi) is 8.24. The Morgan fingerprint density at radius 3 is 2.26 bits per heavy atom. The molecule has 43 heavy (non-hydrogen) atoms. The fraction of sp³-hybridized carbons (Fsp3) is 0.622. The number of likely N-dealkylation sites (tertiary alicyclic amines) is 1. The highest BCUT2D eigenvalue weighted by Crippen LogP contribution is 2.57. The average molecular weight is 584 g/mol. The van der Waals surface area contributed by atoms with E-state index >= 15 is 0 Å². The number of aryl methyl sites for hydroxylation is 1. The van der Waals surface area contributed by atoms with Crippen LogP contribution in [-0.2, 0) is 11.2 Å². The zero-order chi connectivity index (χ0) is 29.4. The molecule has 2 aliphatic heterocycles. The minimum Gasteiger partial charge on any atom is -0.494 e. The number of para-hydroxylation sites is 1. The van der Waals surface area contributed by atoms with Crippen molar-refractivity contribution in [1.82, 2.24) is 9.80 Å². The van der Waals surface area contributed by atoms with Gasteiger partial charge in [0, 0.05) is 42.3 Å². The first-order chi connectivity index (χ1) is 21.0. The number of nitrogens with zero attached hydrogens (tertiary/aromatic N) is 3. The van der Waals surface area contributed by atoms with E-state index in [1.165, 1.54) is 63.5 Å². The summed E-state index contributed by atoms with van der Waals surface area (Å²) in [7, 11) is 2.39. The molecule has 6 heteroatoms. The molecule has 6 aliphatic rings. The van der Waals surface area contributed by atoms with Crippen molar-refractivity contribution >= 4 is 17.5 Å². The van der Waals surface area contributed by atoms with Gasteiger partial charge in [-0.3, -0.25) is 9.59 Å². The Balaban J connectivity index is 0.824. The largest absolute Gasteiger partial charge is 0.494 e. The lowest BCUT2D eigenvalue weighted by Gasteiger charge is -2.60.